The molecular formula is C32H33ClN4O4S. The molecule has 3 aromatic heterocycles. The quantitative estimate of drug-likeness (QED) is 0.254. The molecule has 0 amide bonds. The van der Waals surface area contributed by atoms with Crippen LogP contribution < -0.4 is 10.3 Å². The first kappa shape index (κ1) is 27.6. The van der Waals surface area contributed by atoms with E-state index in [-0.39, 0.29) is 11.0 Å². The van der Waals surface area contributed by atoms with Crippen LogP contribution in [0.3, 0.4) is 0 Å². The normalized spacial score (nSPS) is 17.7. The summed E-state index contributed by atoms with van der Waals surface area (Å²) in [7, 11) is 1.37. The van der Waals surface area contributed by atoms with Gasteiger partial charge in [-0.1, -0.05) is 11.6 Å². The van der Waals surface area contributed by atoms with Crippen molar-refractivity contribution in [3.05, 3.63) is 73.4 Å². The van der Waals surface area contributed by atoms with E-state index in [1.54, 1.807) is 16.0 Å². The summed E-state index contributed by atoms with van der Waals surface area (Å²) in [6.45, 7) is 6.71. The molecule has 1 saturated heterocycles. The van der Waals surface area contributed by atoms with Gasteiger partial charge in [-0.2, -0.15) is 0 Å². The molecule has 1 saturated carbocycles. The van der Waals surface area contributed by atoms with E-state index in [4.69, 9.17) is 26.1 Å². The Morgan fingerprint density at radius 1 is 1.17 bits per heavy atom. The molecule has 0 atom stereocenters. The largest absolute Gasteiger partial charge is 0.491 e. The zero-order valence-corrected chi connectivity index (χ0v) is 25.6. The maximum atomic E-state index is 13.7. The summed E-state index contributed by atoms with van der Waals surface area (Å²) in [4.78, 5) is 38.2. The van der Waals surface area contributed by atoms with Crippen molar-refractivity contribution in [2.45, 2.75) is 58.5 Å². The third-order valence-electron chi connectivity index (χ3n) is 8.98. The van der Waals surface area contributed by atoms with Crippen LogP contribution in [0, 0.1) is 19.3 Å². The number of rotatable bonds is 7. The van der Waals surface area contributed by atoms with E-state index in [1.807, 2.05) is 32.0 Å². The molecular weight excluding hydrogens is 572 g/mol. The number of benzene rings is 1. The van der Waals surface area contributed by atoms with Crippen molar-refractivity contribution in [3.63, 3.8) is 0 Å². The van der Waals surface area contributed by atoms with Gasteiger partial charge in [-0.25, -0.2) is 9.78 Å². The van der Waals surface area contributed by atoms with Gasteiger partial charge in [0.2, 0.25) is 0 Å². The fourth-order valence-corrected chi connectivity index (χ4v) is 7.89. The number of halogens is 1. The van der Waals surface area contributed by atoms with Gasteiger partial charge in [0.1, 0.15) is 18.2 Å². The highest BCUT2D eigenvalue weighted by Crippen LogP contribution is 2.46. The molecule has 1 spiro atoms. The zero-order chi connectivity index (χ0) is 29.2. The minimum absolute atomic E-state index is 0.0711. The van der Waals surface area contributed by atoms with E-state index in [0.29, 0.717) is 35.0 Å². The number of methoxy groups -OCH3 is 1. The second-order valence-corrected chi connectivity index (χ2v) is 13.3. The molecule has 1 aliphatic heterocycles. The number of nitrogens with zero attached hydrogens (tertiary/aromatic N) is 4. The van der Waals surface area contributed by atoms with Crippen LogP contribution in [0.5, 0.6) is 5.75 Å². The van der Waals surface area contributed by atoms with Crippen LogP contribution >= 0.6 is 22.9 Å². The van der Waals surface area contributed by atoms with Crippen LogP contribution in [-0.4, -0.2) is 58.3 Å². The minimum atomic E-state index is -0.421. The number of aromatic nitrogens is 3. The van der Waals surface area contributed by atoms with E-state index in [0.717, 1.165) is 77.0 Å². The maximum absolute atomic E-state index is 13.7. The fourth-order valence-electron chi connectivity index (χ4n) is 6.71. The number of thiophene rings is 1. The van der Waals surface area contributed by atoms with Crippen LogP contribution in [0.15, 0.2) is 34.4 Å². The molecule has 0 bridgehead atoms. The van der Waals surface area contributed by atoms with E-state index in [9.17, 15) is 9.59 Å². The molecule has 7 rings (SSSR count). The molecule has 42 heavy (non-hydrogen) atoms. The lowest BCUT2D eigenvalue weighted by molar-refractivity contribution is -0.0175. The Balaban J connectivity index is 1.14. The monoisotopic (exact) mass is 604 g/mol. The summed E-state index contributed by atoms with van der Waals surface area (Å²) in [5.41, 5.74) is 5.65. The molecule has 2 aliphatic carbocycles. The van der Waals surface area contributed by atoms with Crippen LogP contribution in [-0.2, 0) is 24.1 Å². The minimum Gasteiger partial charge on any atom is -0.491 e. The second-order valence-electron chi connectivity index (χ2n) is 12.0. The summed E-state index contributed by atoms with van der Waals surface area (Å²) in [6.07, 6.45) is 5.47. The van der Waals surface area contributed by atoms with Gasteiger partial charge < -0.3 is 9.47 Å². The topological polar surface area (TPSA) is 86.5 Å². The third-order valence-corrected chi connectivity index (χ3v) is 10.2. The Labute approximate surface area is 253 Å². The van der Waals surface area contributed by atoms with Gasteiger partial charge in [0.15, 0.2) is 0 Å². The molecule has 218 valence electrons. The summed E-state index contributed by atoms with van der Waals surface area (Å²) < 4.78 is 13.9. The number of carbonyl (C=O) groups excluding carboxylic acids is 1. The SMILES string of the molecule is COC(=O)c1csc2c(-c3cc(Cl)ccc3OCCn3c(C)nc4c(c3=O)CC3(CC4)CN(C4CC4)C3)cc(C)nc12. The summed E-state index contributed by atoms with van der Waals surface area (Å²) >= 11 is 7.88. The number of carbonyl (C=O) groups is 1. The molecule has 4 aromatic rings. The molecule has 0 N–H and O–H groups in total. The molecule has 0 unspecified atom stereocenters. The molecule has 10 heteroatoms. The number of hydrogen-bond acceptors (Lipinski definition) is 8. The average molecular weight is 605 g/mol. The molecule has 3 aliphatic rings. The van der Waals surface area contributed by atoms with Gasteiger partial charge in [0, 0.05) is 57.3 Å². The van der Waals surface area contributed by atoms with Crippen molar-refractivity contribution >= 4 is 39.1 Å². The predicted molar refractivity (Wildman–Crippen MR) is 164 cm³/mol. The average Bonchev–Trinajstić information content (AvgIpc) is 3.71. The van der Waals surface area contributed by atoms with Gasteiger partial charge >= 0.3 is 5.97 Å². The van der Waals surface area contributed by atoms with Crippen molar-refractivity contribution in [2.24, 2.45) is 5.41 Å². The van der Waals surface area contributed by atoms with Crippen LogP contribution in [0.25, 0.3) is 21.3 Å². The summed E-state index contributed by atoms with van der Waals surface area (Å²) in [5, 5.41) is 2.34. The first-order chi connectivity index (χ1) is 20.2. The number of aryl methyl sites for hydroxylation is 3. The van der Waals surface area contributed by atoms with E-state index >= 15 is 0 Å². The van der Waals surface area contributed by atoms with Gasteiger partial charge in [-0.3, -0.25) is 19.2 Å². The van der Waals surface area contributed by atoms with Gasteiger partial charge in [-0.15, -0.1) is 11.3 Å². The first-order valence-electron chi connectivity index (χ1n) is 14.5. The molecule has 4 heterocycles. The zero-order valence-electron chi connectivity index (χ0n) is 24.0. The second kappa shape index (κ2) is 10.5. The molecule has 8 nitrogen and oxygen atoms in total. The van der Waals surface area contributed by atoms with Crippen molar-refractivity contribution < 1.29 is 14.3 Å². The van der Waals surface area contributed by atoms with Crippen LogP contribution in [0.2, 0.25) is 5.02 Å². The standard InChI is InChI=1S/C32H33ClN4O4S/c1-18-12-23(29-28(34-18)25(15-42-29)31(39)40-3)22-13-20(33)4-7-27(22)41-11-10-37-19(2)35-26-8-9-32(14-24(26)30(37)38)16-36(17-32)21-5-6-21/h4,7,12-13,15,21H,5-6,8-11,14,16-17H2,1-3H3. The Morgan fingerprint density at radius 3 is 2.74 bits per heavy atom. The molecule has 1 aromatic carbocycles. The molecule has 2 fully saturated rings. The van der Waals surface area contributed by atoms with Crippen molar-refractivity contribution in [2.75, 3.05) is 26.8 Å². The lowest BCUT2D eigenvalue weighted by Gasteiger charge is -2.52. The Bertz CT molecular complexity index is 1790. The highest BCUT2D eigenvalue weighted by Gasteiger charge is 2.50. The van der Waals surface area contributed by atoms with Gasteiger partial charge in [0.25, 0.3) is 5.56 Å². The summed E-state index contributed by atoms with van der Waals surface area (Å²) in [6, 6.07) is 8.26. The van der Waals surface area contributed by atoms with Crippen LogP contribution in [0.1, 0.15) is 52.4 Å². The van der Waals surface area contributed by atoms with Gasteiger partial charge in [0.05, 0.1) is 35.1 Å². The van der Waals surface area contributed by atoms with Crippen molar-refractivity contribution in [3.8, 4) is 16.9 Å². The number of likely N-dealkylation sites (tertiary alicyclic amines) is 1. The smallest absolute Gasteiger partial charge is 0.340 e. The number of ether oxygens (including phenoxy) is 2. The first-order valence-corrected chi connectivity index (χ1v) is 15.7. The number of hydrogen-bond donors (Lipinski definition) is 0. The highest BCUT2D eigenvalue weighted by molar-refractivity contribution is 7.18. The van der Waals surface area contributed by atoms with E-state index in [1.165, 1.54) is 31.3 Å². The predicted octanol–water partition coefficient (Wildman–Crippen LogP) is 5.61. The molecule has 0 radical (unpaired) electrons. The highest BCUT2D eigenvalue weighted by atomic mass is 35.5. The maximum Gasteiger partial charge on any atom is 0.340 e. The Kier molecular flexibility index (Phi) is 6.87. The number of esters is 1. The Morgan fingerprint density at radius 2 is 1.98 bits per heavy atom. The lowest BCUT2D eigenvalue weighted by atomic mass is 9.67. The Hall–Kier alpha value is -3.27. The lowest BCUT2D eigenvalue weighted by Crippen LogP contribution is -2.60. The fraction of sp³-hybridized carbons (Fsp3) is 0.438. The van der Waals surface area contributed by atoms with Crippen molar-refractivity contribution in [1.82, 2.24) is 19.4 Å². The van der Waals surface area contributed by atoms with E-state index in [2.05, 4.69) is 9.88 Å². The number of fused-ring (bicyclic) bond motifs is 2. The third kappa shape index (κ3) is 4.81. The van der Waals surface area contributed by atoms with E-state index < -0.39 is 5.97 Å². The van der Waals surface area contributed by atoms with Crippen molar-refractivity contribution in [1.29, 1.82) is 0 Å². The summed E-state index contributed by atoms with van der Waals surface area (Å²) in [5.74, 6) is 0.948. The number of pyridine rings is 1. The van der Waals surface area contributed by atoms with Gasteiger partial charge in [-0.05, 0) is 70.2 Å². The van der Waals surface area contributed by atoms with Crippen LogP contribution in [0.4, 0.5) is 0 Å².